The number of fused-ring (bicyclic) bond motifs is 4. The molecule has 5 heterocycles. The zero-order valence-electron chi connectivity index (χ0n) is 16.3. The Morgan fingerprint density at radius 1 is 1.06 bits per heavy atom. The Labute approximate surface area is 175 Å². The first kappa shape index (κ1) is 18.0. The number of H-pyrrole nitrogens is 1. The van der Waals surface area contributed by atoms with Crippen LogP contribution >= 0.6 is 0 Å². The third kappa shape index (κ3) is 3.01. The van der Waals surface area contributed by atoms with E-state index in [0.29, 0.717) is 11.3 Å². The summed E-state index contributed by atoms with van der Waals surface area (Å²) >= 11 is 0. The van der Waals surface area contributed by atoms with E-state index >= 15 is 0 Å². The average molecular weight is 417 g/mol. The molecule has 0 spiro atoms. The standard InChI is InChI=1S/C22H17F2N7/c23-12-1-4-20-26-10-19(31(20)11-12)21-16(24)9-27-22(30-21)28-13-2-3-17-14(7-13)15-8-25-6-5-18(15)29-17/h1-4,7,9-11,25,29H,5-6,8H2,(H,27,28,30). The third-order valence-corrected chi connectivity index (χ3v) is 5.56. The van der Waals surface area contributed by atoms with Gasteiger partial charge in [0, 0.05) is 48.0 Å². The minimum atomic E-state index is -0.613. The Balaban J connectivity index is 1.39. The van der Waals surface area contributed by atoms with Crippen LogP contribution in [-0.2, 0) is 13.0 Å². The fourth-order valence-electron chi connectivity index (χ4n) is 4.09. The van der Waals surface area contributed by atoms with E-state index in [1.807, 2.05) is 18.2 Å². The number of hydrogen-bond donors (Lipinski definition) is 3. The molecule has 1 aliphatic heterocycles. The van der Waals surface area contributed by atoms with Crippen LogP contribution in [0.2, 0.25) is 0 Å². The molecule has 0 unspecified atom stereocenters. The molecule has 9 heteroatoms. The van der Waals surface area contributed by atoms with Gasteiger partial charge in [0.15, 0.2) is 5.82 Å². The highest BCUT2D eigenvalue weighted by atomic mass is 19.1. The first-order valence-electron chi connectivity index (χ1n) is 9.92. The summed E-state index contributed by atoms with van der Waals surface area (Å²) in [6.07, 6.45) is 4.79. The molecule has 3 N–H and O–H groups in total. The number of aromatic amines is 1. The lowest BCUT2D eigenvalue weighted by Crippen LogP contribution is -2.22. The Morgan fingerprint density at radius 3 is 2.94 bits per heavy atom. The van der Waals surface area contributed by atoms with Gasteiger partial charge in [-0.1, -0.05) is 0 Å². The van der Waals surface area contributed by atoms with Gasteiger partial charge in [0.1, 0.15) is 17.2 Å². The van der Waals surface area contributed by atoms with Crippen molar-refractivity contribution in [3.05, 3.63) is 71.8 Å². The maximum atomic E-state index is 14.6. The first-order chi connectivity index (χ1) is 15.2. The van der Waals surface area contributed by atoms with Crippen LogP contribution in [0.5, 0.6) is 0 Å². The van der Waals surface area contributed by atoms with E-state index in [2.05, 4.69) is 30.6 Å². The van der Waals surface area contributed by atoms with Crippen molar-refractivity contribution in [2.75, 3.05) is 11.9 Å². The molecule has 0 radical (unpaired) electrons. The van der Waals surface area contributed by atoms with Crippen molar-refractivity contribution < 1.29 is 8.78 Å². The smallest absolute Gasteiger partial charge is 0.227 e. The van der Waals surface area contributed by atoms with Crippen molar-refractivity contribution in [1.29, 1.82) is 0 Å². The van der Waals surface area contributed by atoms with E-state index in [9.17, 15) is 8.78 Å². The lowest BCUT2D eigenvalue weighted by atomic mass is 10.1. The monoisotopic (exact) mass is 417 g/mol. The molecule has 1 aliphatic rings. The highest BCUT2D eigenvalue weighted by Crippen LogP contribution is 2.29. The van der Waals surface area contributed by atoms with E-state index in [0.717, 1.165) is 42.3 Å². The number of aromatic nitrogens is 5. The predicted molar refractivity (Wildman–Crippen MR) is 113 cm³/mol. The van der Waals surface area contributed by atoms with Gasteiger partial charge >= 0.3 is 0 Å². The van der Waals surface area contributed by atoms with Gasteiger partial charge < -0.3 is 15.6 Å². The second-order valence-corrected chi connectivity index (χ2v) is 7.50. The summed E-state index contributed by atoms with van der Waals surface area (Å²) < 4.78 is 29.7. The summed E-state index contributed by atoms with van der Waals surface area (Å²) in [6.45, 7) is 1.78. The van der Waals surface area contributed by atoms with Crippen LogP contribution in [0.15, 0.2) is 48.9 Å². The maximum absolute atomic E-state index is 14.6. The van der Waals surface area contributed by atoms with Gasteiger partial charge in [-0.3, -0.25) is 4.40 Å². The molecule has 0 amide bonds. The minimum absolute atomic E-state index is 0.0416. The lowest BCUT2D eigenvalue weighted by molar-refractivity contribution is 0.613. The largest absolute Gasteiger partial charge is 0.358 e. The van der Waals surface area contributed by atoms with Crippen molar-refractivity contribution in [1.82, 2.24) is 29.7 Å². The molecule has 5 aromatic rings. The van der Waals surface area contributed by atoms with Crippen molar-refractivity contribution >= 4 is 28.2 Å². The van der Waals surface area contributed by atoms with Gasteiger partial charge in [0.05, 0.1) is 18.1 Å². The Hall–Kier alpha value is -3.85. The fourth-order valence-corrected chi connectivity index (χ4v) is 4.09. The van der Waals surface area contributed by atoms with Crippen molar-refractivity contribution in [3.63, 3.8) is 0 Å². The molecule has 6 rings (SSSR count). The van der Waals surface area contributed by atoms with Gasteiger partial charge in [-0.2, -0.15) is 0 Å². The molecule has 31 heavy (non-hydrogen) atoms. The summed E-state index contributed by atoms with van der Waals surface area (Å²) in [5.41, 5.74) is 5.28. The zero-order chi connectivity index (χ0) is 20.9. The van der Waals surface area contributed by atoms with Crippen molar-refractivity contribution in [3.8, 4) is 11.4 Å². The topological polar surface area (TPSA) is 82.9 Å². The second kappa shape index (κ2) is 6.85. The summed E-state index contributed by atoms with van der Waals surface area (Å²) in [5, 5.41) is 7.68. The molecule has 7 nitrogen and oxygen atoms in total. The molecular weight excluding hydrogens is 400 g/mol. The van der Waals surface area contributed by atoms with E-state index in [1.54, 1.807) is 0 Å². The van der Waals surface area contributed by atoms with E-state index in [4.69, 9.17) is 0 Å². The maximum Gasteiger partial charge on any atom is 0.227 e. The Morgan fingerprint density at radius 2 is 2.00 bits per heavy atom. The number of nitrogens with one attached hydrogen (secondary N) is 3. The van der Waals surface area contributed by atoms with E-state index < -0.39 is 11.6 Å². The highest BCUT2D eigenvalue weighted by Gasteiger charge is 2.17. The van der Waals surface area contributed by atoms with Crippen LogP contribution in [0.3, 0.4) is 0 Å². The number of pyridine rings is 1. The van der Waals surface area contributed by atoms with Crippen LogP contribution in [0.1, 0.15) is 11.3 Å². The molecular formula is C22H17F2N7. The van der Waals surface area contributed by atoms with Crippen LogP contribution < -0.4 is 10.6 Å². The number of anilines is 2. The summed E-state index contributed by atoms with van der Waals surface area (Å²) in [7, 11) is 0. The van der Waals surface area contributed by atoms with Gasteiger partial charge in [0.25, 0.3) is 0 Å². The average Bonchev–Trinajstić information content (AvgIpc) is 3.36. The first-order valence-corrected chi connectivity index (χ1v) is 9.92. The van der Waals surface area contributed by atoms with Crippen molar-refractivity contribution in [2.45, 2.75) is 13.0 Å². The zero-order valence-corrected chi connectivity index (χ0v) is 16.3. The van der Waals surface area contributed by atoms with Gasteiger partial charge in [-0.25, -0.2) is 23.7 Å². The summed E-state index contributed by atoms with van der Waals surface area (Å²) in [6, 6.07) is 8.80. The second-order valence-electron chi connectivity index (χ2n) is 7.50. The number of benzene rings is 1. The van der Waals surface area contributed by atoms with E-state index in [-0.39, 0.29) is 11.6 Å². The van der Waals surface area contributed by atoms with E-state index in [1.165, 1.54) is 40.2 Å². The molecule has 0 fully saturated rings. The van der Waals surface area contributed by atoms with Crippen LogP contribution in [-0.4, -0.2) is 30.9 Å². The molecule has 154 valence electrons. The number of halogens is 2. The molecule has 4 aromatic heterocycles. The van der Waals surface area contributed by atoms with Gasteiger partial charge in [-0.05, 0) is 35.9 Å². The fraction of sp³-hybridized carbons (Fsp3) is 0.136. The minimum Gasteiger partial charge on any atom is -0.358 e. The number of nitrogens with zero attached hydrogens (tertiary/aromatic N) is 4. The Bertz CT molecular complexity index is 1450. The van der Waals surface area contributed by atoms with Crippen LogP contribution in [0.4, 0.5) is 20.4 Å². The molecule has 0 saturated heterocycles. The van der Waals surface area contributed by atoms with Gasteiger partial charge in [0.2, 0.25) is 5.95 Å². The molecule has 1 aromatic carbocycles. The van der Waals surface area contributed by atoms with Gasteiger partial charge in [-0.15, -0.1) is 0 Å². The summed E-state index contributed by atoms with van der Waals surface area (Å²) in [4.78, 5) is 16.1. The molecule has 0 bridgehead atoms. The number of rotatable bonds is 3. The predicted octanol–water partition coefficient (Wildman–Crippen LogP) is 3.94. The SMILES string of the molecule is Fc1ccc2ncc(-c3nc(Nc4ccc5[nH]c6c(c5c4)CNCC6)ncc3F)n2c1. The molecule has 0 atom stereocenters. The number of imidazole rings is 1. The lowest BCUT2D eigenvalue weighted by Gasteiger charge is -2.12. The Kier molecular flexibility index (Phi) is 3.97. The quantitative estimate of drug-likeness (QED) is 0.414. The molecule has 0 saturated carbocycles. The molecule has 0 aliphatic carbocycles. The third-order valence-electron chi connectivity index (χ3n) is 5.56. The summed E-state index contributed by atoms with van der Waals surface area (Å²) in [5.74, 6) is -0.820. The van der Waals surface area contributed by atoms with Crippen molar-refractivity contribution in [2.24, 2.45) is 0 Å². The highest BCUT2D eigenvalue weighted by molar-refractivity contribution is 5.88. The van der Waals surface area contributed by atoms with Crippen LogP contribution in [0, 0.1) is 11.6 Å². The van der Waals surface area contributed by atoms with Crippen LogP contribution in [0.25, 0.3) is 27.9 Å². The number of hydrogen-bond acceptors (Lipinski definition) is 5. The normalized spacial score (nSPS) is 13.6.